The topological polar surface area (TPSA) is 92.9 Å². The van der Waals surface area contributed by atoms with Crippen molar-refractivity contribution in [2.45, 2.75) is 10.9 Å². The van der Waals surface area contributed by atoms with Crippen molar-refractivity contribution in [3.63, 3.8) is 0 Å². The molecule has 0 fully saturated rings. The molecular weight excluding hydrogens is 393 g/mol. The van der Waals surface area contributed by atoms with Crippen molar-refractivity contribution < 1.29 is 14.3 Å². The maximum absolute atomic E-state index is 14.7. The second-order valence-electron chi connectivity index (χ2n) is 5.98. The molecule has 1 aromatic heterocycles. The lowest BCUT2D eigenvalue weighted by Crippen LogP contribution is -2.26. The maximum Gasteiger partial charge on any atom is 0.405 e. The van der Waals surface area contributed by atoms with Crippen molar-refractivity contribution >= 4 is 29.5 Å². The van der Waals surface area contributed by atoms with E-state index in [-0.39, 0.29) is 22.5 Å². The van der Waals surface area contributed by atoms with Crippen LogP contribution in [0.1, 0.15) is 11.6 Å². The molecule has 27 heavy (non-hydrogen) atoms. The number of aromatic nitrogens is 4. The van der Waals surface area contributed by atoms with Crippen LogP contribution in [-0.4, -0.2) is 37.2 Å². The van der Waals surface area contributed by atoms with Gasteiger partial charge >= 0.3 is 6.09 Å². The molecule has 0 saturated heterocycles. The number of fused-ring (bicyclic) bond motifs is 1. The molecule has 0 saturated carbocycles. The second-order valence-corrected chi connectivity index (χ2v) is 7.48. The summed E-state index contributed by atoms with van der Waals surface area (Å²) in [6, 6.07) is 8.16. The van der Waals surface area contributed by atoms with Crippen LogP contribution in [0.5, 0.6) is 0 Å². The number of thioether (sulfide) groups is 1. The lowest BCUT2D eigenvalue weighted by Gasteiger charge is -2.13. The minimum absolute atomic E-state index is 0.167. The van der Waals surface area contributed by atoms with Gasteiger partial charge in [0.15, 0.2) is 0 Å². The average molecular weight is 406 g/mol. The number of carboxylic acid groups (broad SMARTS) is 1. The summed E-state index contributed by atoms with van der Waals surface area (Å²) in [4.78, 5) is 13.1. The van der Waals surface area contributed by atoms with Crippen molar-refractivity contribution in [3.8, 4) is 22.5 Å². The Bertz CT molecular complexity index is 1060. The highest BCUT2D eigenvalue weighted by Crippen LogP contribution is 2.42. The van der Waals surface area contributed by atoms with E-state index in [0.29, 0.717) is 11.3 Å². The van der Waals surface area contributed by atoms with Crippen molar-refractivity contribution in [2.75, 3.05) is 5.75 Å². The molecule has 3 aromatic rings. The smallest absolute Gasteiger partial charge is 0.405 e. The van der Waals surface area contributed by atoms with E-state index < -0.39 is 11.9 Å². The van der Waals surface area contributed by atoms with Gasteiger partial charge in [0, 0.05) is 15.7 Å². The summed E-state index contributed by atoms with van der Waals surface area (Å²) in [7, 11) is 1.60. The highest BCUT2D eigenvalue weighted by atomic mass is 35.5. The summed E-state index contributed by atoms with van der Waals surface area (Å²) in [5.41, 5.74) is 2.40. The van der Waals surface area contributed by atoms with Crippen molar-refractivity contribution in [1.82, 2.24) is 25.5 Å². The average Bonchev–Trinajstić information content (AvgIpc) is 3.20. The zero-order chi connectivity index (χ0) is 19.1. The van der Waals surface area contributed by atoms with Crippen LogP contribution in [0.2, 0.25) is 5.02 Å². The fourth-order valence-corrected chi connectivity index (χ4v) is 4.46. The molecule has 2 N–H and O–H groups in total. The Morgan fingerprint density at radius 3 is 2.93 bits per heavy atom. The molecule has 1 aliphatic heterocycles. The molecule has 1 atom stereocenters. The molecule has 138 valence electrons. The van der Waals surface area contributed by atoms with Crippen LogP contribution in [0.4, 0.5) is 9.18 Å². The van der Waals surface area contributed by atoms with E-state index in [0.717, 1.165) is 16.0 Å². The summed E-state index contributed by atoms with van der Waals surface area (Å²) in [6.07, 6.45) is -1.06. The lowest BCUT2D eigenvalue weighted by molar-refractivity contribution is 0.191. The SMILES string of the molecule is Cn1nnc(-c2c(F)cc(Cl)cc2-c2ccc3c(c2)SCC3NC(=O)O)n1. The highest BCUT2D eigenvalue weighted by Gasteiger charge is 2.26. The van der Waals surface area contributed by atoms with E-state index in [1.807, 2.05) is 18.2 Å². The minimum Gasteiger partial charge on any atom is -0.465 e. The van der Waals surface area contributed by atoms with E-state index in [9.17, 15) is 9.18 Å². The Kier molecular flexibility index (Phi) is 4.48. The van der Waals surface area contributed by atoms with Gasteiger partial charge in [-0.2, -0.15) is 4.80 Å². The fraction of sp³-hybridized carbons (Fsp3) is 0.176. The van der Waals surface area contributed by atoms with E-state index >= 15 is 0 Å². The zero-order valence-corrected chi connectivity index (χ0v) is 15.6. The van der Waals surface area contributed by atoms with Crippen LogP contribution < -0.4 is 5.32 Å². The van der Waals surface area contributed by atoms with Gasteiger partial charge in [0.2, 0.25) is 5.82 Å². The number of carbonyl (C=O) groups is 1. The molecule has 10 heteroatoms. The van der Waals surface area contributed by atoms with Crippen LogP contribution in [0.25, 0.3) is 22.5 Å². The normalized spacial score (nSPS) is 15.6. The van der Waals surface area contributed by atoms with Gasteiger partial charge in [-0.15, -0.1) is 22.0 Å². The van der Waals surface area contributed by atoms with E-state index in [4.69, 9.17) is 16.7 Å². The van der Waals surface area contributed by atoms with E-state index in [1.54, 1.807) is 24.9 Å². The minimum atomic E-state index is -1.06. The number of hydrogen-bond acceptors (Lipinski definition) is 5. The number of amides is 1. The van der Waals surface area contributed by atoms with Crippen LogP contribution in [0, 0.1) is 5.82 Å². The number of hydrogen-bond donors (Lipinski definition) is 2. The summed E-state index contributed by atoms with van der Waals surface area (Å²) in [6.45, 7) is 0. The Labute approximate surface area is 162 Å². The van der Waals surface area contributed by atoms with Crippen LogP contribution in [-0.2, 0) is 7.05 Å². The quantitative estimate of drug-likeness (QED) is 0.689. The molecule has 2 aromatic carbocycles. The number of tetrazole rings is 1. The summed E-state index contributed by atoms with van der Waals surface area (Å²) in [5, 5.41) is 23.5. The summed E-state index contributed by atoms with van der Waals surface area (Å²) >= 11 is 7.62. The largest absolute Gasteiger partial charge is 0.465 e. The number of nitrogens with zero attached hydrogens (tertiary/aromatic N) is 4. The van der Waals surface area contributed by atoms with Crippen LogP contribution in [0.15, 0.2) is 35.2 Å². The fourth-order valence-electron chi connectivity index (χ4n) is 3.06. The molecule has 0 bridgehead atoms. The van der Waals surface area contributed by atoms with Crippen LogP contribution in [0.3, 0.4) is 0 Å². The van der Waals surface area contributed by atoms with Gasteiger partial charge < -0.3 is 10.4 Å². The standard InChI is InChI=1S/C17H13ClFN5O2S/c1-24-22-16(21-23-24)15-11(5-9(18)6-12(15)19)8-2-3-10-13(20-17(25)26)7-27-14(10)4-8/h2-6,13,20H,7H2,1H3,(H,25,26). The summed E-state index contributed by atoms with van der Waals surface area (Å²) < 4.78 is 14.7. The maximum atomic E-state index is 14.7. The Hall–Kier alpha value is -2.65. The molecular formula is C17H13ClFN5O2S. The molecule has 1 unspecified atom stereocenters. The predicted octanol–water partition coefficient (Wildman–Crippen LogP) is 3.75. The van der Waals surface area contributed by atoms with Crippen molar-refractivity contribution in [1.29, 1.82) is 0 Å². The van der Waals surface area contributed by atoms with E-state index in [1.165, 1.54) is 10.9 Å². The molecule has 1 aliphatic rings. The molecule has 4 rings (SSSR count). The Morgan fingerprint density at radius 2 is 2.22 bits per heavy atom. The number of nitrogens with one attached hydrogen (secondary N) is 1. The monoisotopic (exact) mass is 405 g/mol. The van der Waals surface area contributed by atoms with Gasteiger partial charge in [-0.05, 0) is 40.1 Å². The second kappa shape index (κ2) is 6.82. The van der Waals surface area contributed by atoms with Gasteiger partial charge in [0.1, 0.15) is 5.82 Å². The van der Waals surface area contributed by atoms with Gasteiger partial charge in [-0.25, -0.2) is 9.18 Å². The van der Waals surface area contributed by atoms with Crippen LogP contribution >= 0.6 is 23.4 Å². The van der Waals surface area contributed by atoms with Gasteiger partial charge in [0.05, 0.1) is 18.7 Å². The first-order valence-electron chi connectivity index (χ1n) is 7.92. The third kappa shape index (κ3) is 3.35. The van der Waals surface area contributed by atoms with Crippen molar-refractivity contribution in [2.24, 2.45) is 7.05 Å². The first-order chi connectivity index (χ1) is 12.9. The number of rotatable bonds is 3. The Balaban J connectivity index is 1.82. The van der Waals surface area contributed by atoms with Gasteiger partial charge in [-0.3, -0.25) is 0 Å². The third-order valence-corrected chi connectivity index (χ3v) is 5.57. The predicted molar refractivity (Wildman–Crippen MR) is 99.3 cm³/mol. The zero-order valence-electron chi connectivity index (χ0n) is 14.0. The van der Waals surface area contributed by atoms with Gasteiger partial charge in [-0.1, -0.05) is 23.7 Å². The number of aryl methyl sites for hydroxylation is 1. The molecule has 0 radical (unpaired) electrons. The first-order valence-corrected chi connectivity index (χ1v) is 9.28. The first kappa shape index (κ1) is 17.7. The van der Waals surface area contributed by atoms with E-state index in [2.05, 4.69) is 20.7 Å². The number of benzene rings is 2. The Morgan fingerprint density at radius 1 is 1.41 bits per heavy atom. The van der Waals surface area contributed by atoms with Gasteiger partial charge in [0.25, 0.3) is 0 Å². The molecule has 0 spiro atoms. The lowest BCUT2D eigenvalue weighted by atomic mass is 9.96. The molecule has 2 heterocycles. The molecule has 7 nitrogen and oxygen atoms in total. The number of halogens is 2. The molecule has 1 amide bonds. The highest BCUT2D eigenvalue weighted by molar-refractivity contribution is 7.99. The summed E-state index contributed by atoms with van der Waals surface area (Å²) in [5.74, 6) is 0.234. The van der Waals surface area contributed by atoms with Crippen molar-refractivity contribution in [3.05, 3.63) is 46.7 Å². The molecule has 0 aliphatic carbocycles. The third-order valence-electron chi connectivity index (χ3n) is 4.19.